The SMILES string of the molecule is COc1c(Cl)cc(/C(O)=C2/C(=O)C(=O)N(c3ccc(C)cc3)C2c2cccs2)cc1Cl. The number of amides is 1. The monoisotopic (exact) mass is 473 g/mol. The molecule has 1 fully saturated rings. The first-order valence-electron chi connectivity index (χ1n) is 9.28. The molecule has 1 atom stereocenters. The number of ketones is 1. The lowest BCUT2D eigenvalue weighted by molar-refractivity contribution is -0.132. The van der Waals surface area contributed by atoms with E-state index in [2.05, 4.69) is 0 Å². The average Bonchev–Trinajstić information content (AvgIpc) is 3.35. The Kier molecular flexibility index (Phi) is 5.79. The van der Waals surface area contributed by atoms with Crippen LogP contribution >= 0.6 is 34.5 Å². The van der Waals surface area contributed by atoms with E-state index in [1.54, 1.807) is 12.1 Å². The van der Waals surface area contributed by atoms with Crippen molar-refractivity contribution in [2.24, 2.45) is 0 Å². The van der Waals surface area contributed by atoms with Crippen molar-refractivity contribution in [2.75, 3.05) is 12.0 Å². The van der Waals surface area contributed by atoms with E-state index in [0.29, 0.717) is 5.69 Å². The van der Waals surface area contributed by atoms with Crippen LogP contribution in [0.25, 0.3) is 5.76 Å². The van der Waals surface area contributed by atoms with Crippen LogP contribution in [0.5, 0.6) is 5.75 Å². The fourth-order valence-electron chi connectivity index (χ4n) is 3.57. The van der Waals surface area contributed by atoms with Gasteiger partial charge in [-0.15, -0.1) is 11.3 Å². The molecule has 1 amide bonds. The van der Waals surface area contributed by atoms with E-state index >= 15 is 0 Å². The third kappa shape index (κ3) is 3.71. The molecule has 2 aromatic carbocycles. The fourth-order valence-corrected chi connectivity index (χ4v) is 5.03. The van der Waals surface area contributed by atoms with Crippen molar-refractivity contribution < 1.29 is 19.4 Å². The number of ether oxygens (including phenoxy) is 1. The van der Waals surface area contributed by atoms with Crippen LogP contribution in [0, 0.1) is 6.92 Å². The van der Waals surface area contributed by atoms with Crippen LogP contribution in [0.1, 0.15) is 22.0 Å². The van der Waals surface area contributed by atoms with Crippen LogP contribution in [-0.2, 0) is 9.59 Å². The van der Waals surface area contributed by atoms with Gasteiger partial charge in [0.1, 0.15) is 11.8 Å². The number of halogens is 2. The first-order valence-corrected chi connectivity index (χ1v) is 10.9. The van der Waals surface area contributed by atoms with Gasteiger partial charge < -0.3 is 9.84 Å². The van der Waals surface area contributed by atoms with E-state index in [9.17, 15) is 14.7 Å². The van der Waals surface area contributed by atoms with E-state index in [1.165, 1.54) is 35.5 Å². The lowest BCUT2D eigenvalue weighted by atomic mass is 9.99. The van der Waals surface area contributed by atoms with Crippen molar-refractivity contribution in [1.82, 2.24) is 0 Å². The quantitative estimate of drug-likeness (QED) is 0.286. The van der Waals surface area contributed by atoms with Crippen LogP contribution in [0.2, 0.25) is 10.0 Å². The van der Waals surface area contributed by atoms with E-state index in [-0.39, 0.29) is 32.7 Å². The molecule has 31 heavy (non-hydrogen) atoms. The number of benzene rings is 2. The average molecular weight is 474 g/mol. The molecule has 0 spiro atoms. The second-order valence-electron chi connectivity index (χ2n) is 6.99. The van der Waals surface area contributed by atoms with Crippen molar-refractivity contribution in [1.29, 1.82) is 0 Å². The molecule has 1 saturated heterocycles. The molecule has 0 radical (unpaired) electrons. The summed E-state index contributed by atoms with van der Waals surface area (Å²) >= 11 is 13.8. The normalized spacial score (nSPS) is 17.9. The molecule has 5 nitrogen and oxygen atoms in total. The molecule has 1 aromatic heterocycles. The highest BCUT2D eigenvalue weighted by Gasteiger charge is 2.47. The maximum Gasteiger partial charge on any atom is 0.300 e. The predicted molar refractivity (Wildman–Crippen MR) is 123 cm³/mol. The molecule has 1 N–H and O–H groups in total. The molecule has 1 aliphatic rings. The molecule has 2 heterocycles. The Labute approximate surface area is 193 Å². The van der Waals surface area contributed by atoms with Crippen LogP contribution in [-0.4, -0.2) is 23.9 Å². The number of methoxy groups -OCH3 is 1. The van der Waals surface area contributed by atoms with Crippen molar-refractivity contribution in [3.63, 3.8) is 0 Å². The van der Waals surface area contributed by atoms with Crippen LogP contribution in [0.15, 0.2) is 59.5 Å². The summed E-state index contributed by atoms with van der Waals surface area (Å²) in [6.07, 6.45) is 0. The minimum atomic E-state index is -0.778. The number of thiophene rings is 1. The summed E-state index contributed by atoms with van der Waals surface area (Å²) in [7, 11) is 1.43. The van der Waals surface area contributed by atoms with E-state index < -0.39 is 17.7 Å². The van der Waals surface area contributed by atoms with Gasteiger partial charge in [0.25, 0.3) is 11.7 Å². The fraction of sp³-hybridized carbons (Fsp3) is 0.130. The third-order valence-corrected chi connectivity index (χ3v) is 6.53. The summed E-state index contributed by atoms with van der Waals surface area (Å²) < 4.78 is 5.15. The lowest BCUT2D eigenvalue weighted by Gasteiger charge is -2.24. The smallest absolute Gasteiger partial charge is 0.300 e. The van der Waals surface area contributed by atoms with E-state index in [0.717, 1.165) is 10.4 Å². The number of hydrogen-bond donors (Lipinski definition) is 1. The molecule has 1 unspecified atom stereocenters. The second-order valence-corrected chi connectivity index (χ2v) is 8.79. The van der Waals surface area contributed by atoms with Gasteiger partial charge in [-0.2, -0.15) is 0 Å². The molecule has 3 aromatic rings. The number of rotatable bonds is 4. The van der Waals surface area contributed by atoms with Gasteiger partial charge in [-0.25, -0.2) is 0 Å². The number of aliphatic hydroxyl groups excluding tert-OH is 1. The van der Waals surface area contributed by atoms with Gasteiger partial charge in [0.05, 0.1) is 22.7 Å². The van der Waals surface area contributed by atoms with Crippen molar-refractivity contribution in [3.05, 3.63) is 85.5 Å². The predicted octanol–water partition coefficient (Wildman–Crippen LogP) is 6.00. The van der Waals surface area contributed by atoms with Crippen molar-refractivity contribution in [3.8, 4) is 5.75 Å². The minimum Gasteiger partial charge on any atom is -0.507 e. The van der Waals surface area contributed by atoms with Crippen molar-refractivity contribution >= 4 is 57.7 Å². The molecule has 0 saturated carbocycles. The number of aryl methyl sites for hydroxylation is 1. The topological polar surface area (TPSA) is 66.8 Å². The summed E-state index contributed by atoms with van der Waals surface area (Å²) in [5.74, 6) is -1.58. The van der Waals surface area contributed by atoms with Crippen molar-refractivity contribution in [2.45, 2.75) is 13.0 Å². The number of Topliss-reactive ketones (excluding diaryl/α,β-unsaturated/α-hetero) is 1. The minimum absolute atomic E-state index is 0.0228. The molecular formula is C23H17Cl2NO4S. The lowest BCUT2D eigenvalue weighted by Crippen LogP contribution is -2.29. The Balaban J connectivity index is 1.92. The zero-order chi connectivity index (χ0) is 22.3. The zero-order valence-electron chi connectivity index (χ0n) is 16.6. The van der Waals surface area contributed by atoms with E-state index in [4.69, 9.17) is 27.9 Å². The standard InChI is InChI=1S/C23H17Cl2NO4S/c1-12-5-7-14(8-6-12)26-19(17-4-3-9-31-17)18(21(28)23(26)29)20(27)13-10-15(24)22(30-2)16(25)11-13/h3-11,19,27H,1-2H3/b20-18-. The first kappa shape index (κ1) is 21.4. The third-order valence-electron chi connectivity index (χ3n) is 5.05. The molecule has 0 bridgehead atoms. The molecule has 4 rings (SSSR count). The Morgan fingerprint density at radius 3 is 2.29 bits per heavy atom. The highest BCUT2D eigenvalue weighted by molar-refractivity contribution is 7.10. The first-order chi connectivity index (χ1) is 14.8. The summed E-state index contributed by atoms with van der Waals surface area (Å²) in [5, 5.41) is 13.3. The number of hydrogen-bond acceptors (Lipinski definition) is 5. The Morgan fingerprint density at radius 2 is 1.74 bits per heavy atom. The van der Waals surface area contributed by atoms with Gasteiger partial charge in [0, 0.05) is 16.1 Å². The summed E-state index contributed by atoms with van der Waals surface area (Å²) in [5.41, 5.74) is 1.79. The Morgan fingerprint density at radius 1 is 1.10 bits per heavy atom. The van der Waals surface area contributed by atoms with Gasteiger partial charge in [-0.3, -0.25) is 14.5 Å². The van der Waals surface area contributed by atoms with Crippen LogP contribution in [0.4, 0.5) is 5.69 Å². The molecule has 1 aliphatic heterocycles. The van der Waals surface area contributed by atoms with Gasteiger partial charge >= 0.3 is 0 Å². The number of carbonyl (C=O) groups is 2. The molecule has 0 aliphatic carbocycles. The van der Waals surface area contributed by atoms with Crippen LogP contribution < -0.4 is 9.64 Å². The van der Waals surface area contributed by atoms with Crippen LogP contribution in [0.3, 0.4) is 0 Å². The Bertz CT molecular complexity index is 1180. The summed E-state index contributed by atoms with van der Waals surface area (Å²) in [6.45, 7) is 1.94. The maximum absolute atomic E-state index is 13.1. The molecular weight excluding hydrogens is 457 g/mol. The number of anilines is 1. The molecule has 8 heteroatoms. The summed E-state index contributed by atoms with van der Waals surface area (Å²) in [6, 6.07) is 13.1. The zero-order valence-corrected chi connectivity index (χ0v) is 18.9. The number of nitrogens with zero attached hydrogens (tertiary/aromatic N) is 1. The number of aliphatic hydroxyl groups is 1. The van der Waals surface area contributed by atoms with Gasteiger partial charge in [0.15, 0.2) is 5.75 Å². The maximum atomic E-state index is 13.1. The summed E-state index contributed by atoms with van der Waals surface area (Å²) in [4.78, 5) is 28.3. The van der Waals surface area contributed by atoms with Gasteiger partial charge in [-0.1, -0.05) is 47.0 Å². The largest absolute Gasteiger partial charge is 0.507 e. The molecule has 158 valence electrons. The number of carbonyl (C=O) groups excluding carboxylic acids is 2. The van der Waals surface area contributed by atoms with Gasteiger partial charge in [0.2, 0.25) is 0 Å². The highest BCUT2D eigenvalue weighted by atomic mass is 35.5. The van der Waals surface area contributed by atoms with E-state index in [1.807, 2.05) is 36.6 Å². The highest BCUT2D eigenvalue weighted by Crippen LogP contribution is 2.44. The van der Waals surface area contributed by atoms with Gasteiger partial charge in [-0.05, 0) is 42.6 Å². The second kappa shape index (κ2) is 8.38. The Hall–Kier alpha value is -2.80.